The van der Waals surface area contributed by atoms with Crippen LogP contribution in [0.25, 0.3) is 0 Å². The molecule has 0 aromatic heterocycles. The van der Waals surface area contributed by atoms with Crippen molar-refractivity contribution in [1.29, 1.82) is 0 Å². The fraction of sp³-hybridized carbons (Fsp3) is 0.222. The lowest BCUT2D eigenvalue weighted by Gasteiger charge is -2.17. The van der Waals surface area contributed by atoms with Crippen LogP contribution >= 0.6 is 0 Å². The number of aliphatic carboxylic acids is 1. The van der Waals surface area contributed by atoms with Gasteiger partial charge in [0.1, 0.15) is 12.4 Å². The third-order valence-electron chi connectivity index (χ3n) is 3.38. The minimum atomic E-state index is -1.08. The Balaban J connectivity index is 1.94. The SMILES string of the molecule is O=C(O)C[C@@H](Cc1ccccc1F)NC(=O)OCc1ccccc1. The Morgan fingerprint density at radius 2 is 1.75 bits per heavy atom. The van der Waals surface area contributed by atoms with Gasteiger partial charge in [-0.2, -0.15) is 0 Å². The lowest BCUT2D eigenvalue weighted by molar-refractivity contribution is -0.137. The maximum Gasteiger partial charge on any atom is 0.407 e. The Kier molecular flexibility index (Phi) is 6.31. The van der Waals surface area contributed by atoms with E-state index in [9.17, 15) is 14.0 Å². The van der Waals surface area contributed by atoms with Gasteiger partial charge >= 0.3 is 12.1 Å². The number of carbonyl (C=O) groups excluding carboxylic acids is 1. The van der Waals surface area contributed by atoms with Crippen molar-refractivity contribution >= 4 is 12.1 Å². The number of rotatable bonds is 7. The summed E-state index contributed by atoms with van der Waals surface area (Å²) in [5.41, 5.74) is 1.16. The van der Waals surface area contributed by atoms with Crippen molar-refractivity contribution in [2.75, 3.05) is 0 Å². The monoisotopic (exact) mass is 331 g/mol. The molecule has 0 aliphatic rings. The first-order valence-electron chi connectivity index (χ1n) is 7.47. The van der Waals surface area contributed by atoms with Gasteiger partial charge in [-0.3, -0.25) is 4.79 Å². The van der Waals surface area contributed by atoms with Gasteiger partial charge < -0.3 is 15.2 Å². The van der Waals surface area contributed by atoms with Gasteiger partial charge in [-0.15, -0.1) is 0 Å². The van der Waals surface area contributed by atoms with E-state index >= 15 is 0 Å². The highest BCUT2D eigenvalue weighted by Gasteiger charge is 2.19. The molecule has 1 amide bonds. The summed E-state index contributed by atoms with van der Waals surface area (Å²) in [4.78, 5) is 22.8. The molecule has 2 rings (SSSR count). The van der Waals surface area contributed by atoms with Crippen molar-refractivity contribution in [3.8, 4) is 0 Å². The Labute approximate surface area is 139 Å². The van der Waals surface area contributed by atoms with Gasteiger partial charge in [-0.25, -0.2) is 9.18 Å². The number of carboxylic acid groups (broad SMARTS) is 1. The fourth-order valence-corrected chi connectivity index (χ4v) is 2.25. The number of hydrogen-bond donors (Lipinski definition) is 2. The molecule has 0 saturated carbocycles. The molecule has 24 heavy (non-hydrogen) atoms. The van der Waals surface area contributed by atoms with Crippen molar-refractivity contribution in [2.24, 2.45) is 0 Å². The molecule has 2 N–H and O–H groups in total. The zero-order valence-corrected chi connectivity index (χ0v) is 12.9. The van der Waals surface area contributed by atoms with Crippen molar-refractivity contribution in [2.45, 2.75) is 25.5 Å². The molecule has 126 valence electrons. The van der Waals surface area contributed by atoms with Gasteiger partial charge in [-0.05, 0) is 23.6 Å². The minimum absolute atomic E-state index is 0.0689. The standard InChI is InChI=1S/C18H18FNO4/c19-16-9-5-4-8-14(16)10-15(11-17(21)22)20-18(23)24-12-13-6-2-1-3-7-13/h1-9,15H,10-12H2,(H,20,23)(H,21,22)/t15-/m1/s1. The van der Waals surface area contributed by atoms with E-state index in [1.807, 2.05) is 18.2 Å². The molecule has 5 nitrogen and oxygen atoms in total. The Hall–Kier alpha value is -2.89. The highest BCUT2D eigenvalue weighted by atomic mass is 19.1. The second kappa shape index (κ2) is 8.67. The highest BCUT2D eigenvalue weighted by molar-refractivity contribution is 5.71. The smallest absolute Gasteiger partial charge is 0.407 e. The number of carboxylic acids is 1. The molecular formula is C18H18FNO4. The summed E-state index contributed by atoms with van der Waals surface area (Å²) < 4.78 is 18.8. The summed E-state index contributed by atoms with van der Waals surface area (Å²) in [5, 5.41) is 11.5. The number of benzene rings is 2. The molecule has 0 aliphatic heterocycles. The van der Waals surface area contributed by atoms with Crippen LogP contribution < -0.4 is 5.32 Å². The first-order valence-corrected chi connectivity index (χ1v) is 7.47. The molecule has 0 heterocycles. The van der Waals surface area contributed by atoms with Crippen LogP contribution in [0, 0.1) is 5.82 Å². The van der Waals surface area contributed by atoms with E-state index in [1.54, 1.807) is 30.3 Å². The third-order valence-corrected chi connectivity index (χ3v) is 3.38. The average molecular weight is 331 g/mol. The third kappa shape index (κ3) is 5.72. The second-order valence-electron chi connectivity index (χ2n) is 5.30. The Morgan fingerprint density at radius 3 is 2.42 bits per heavy atom. The van der Waals surface area contributed by atoms with E-state index in [0.717, 1.165) is 5.56 Å². The van der Waals surface area contributed by atoms with Crippen molar-refractivity contribution in [1.82, 2.24) is 5.32 Å². The molecule has 2 aromatic carbocycles. The largest absolute Gasteiger partial charge is 0.481 e. The first kappa shape index (κ1) is 17.5. The van der Waals surface area contributed by atoms with E-state index in [0.29, 0.717) is 5.56 Å². The average Bonchev–Trinajstić information content (AvgIpc) is 2.55. The number of amides is 1. The molecule has 0 fully saturated rings. The first-order chi connectivity index (χ1) is 11.5. The van der Waals surface area contributed by atoms with Crippen molar-refractivity contribution in [3.05, 3.63) is 71.5 Å². The number of alkyl carbamates (subject to hydrolysis) is 1. The lowest BCUT2D eigenvalue weighted by atomic mass is 10.0. The van der Waals surface area contributed by atoms with Crippen LogP contribution in [-0.2, 0) is 22.6 Å². The molecule has 0 unspecified atom stereocenters. The maximum atomic E-state index is 13.7. The molecule has 1 atom stereocenters. The van der Waals surface area contributed by atoms with Crippen LogP contribution in [0.4, 0.5) is 9.18 Å². The Bertz CT molecular complexity index is 690. The molecular weight excluding hydrogens is 313 g/mol. The van der Waals surface area contributed by atoms with Crippen LogP contribution in [0.3, 0.4) is 0 Å². The summed E-state index contributed by atoms with van der Waals surface area (Å²) >= 11 is 0. The molecule has 0 saturated heterocycles. The molecule has 0 spiro atoms. The zero-order chi connectivity index (χ0) is 17.4. The molecule has 0 bridgehead atoms. The van der Waals surface area contributed by atoms with E-state index in [4.69, 9.17) is 9.84 Å². The fourth-order valence-electron chi connectivity index (χ4n) is 2.25. The summed E-state index contributed by atoms with van der Waals surface area (Å²) in [6, 6.07) is 14.4. The van der Waals surface area contributed by atoms with Gasteiger partial charge in [0, 0.05) is 6.04 Å². The van der Waals surface area contributed by atoms with E-state index in [2.05, 4.69) is 5.32 Å². The molecule has 0 radical (unpaired) electrons. The number of nitrogens with one attached hydrogen (secondary N) is 1. The maximum absolute atomic E-state index is 13.7. The summed E-state index contributed by atoms with van der Waals surface area (Å²) in [6.45, 7) is 0.0756. The second-order valence-corrected chi connectivity index (χ2v) is 5.30. The summed E-state index contributed by atoms with van der Waals surface area (Å²) in [6.07, 6.45) is -0.991. The van der Waals surface area contributed by atoms with Gasteiger partial charge in [0.05, 0.1) is 6.42 Å². The van der Waals surface area contributed by atoms with Crippen LogP contribution in [0.2, 0.25) is 0 Å². The Morgan fingerprint density at radius 1 is 1.08 bits per heavy atom. The van der Waals surface area contributed by atoms with E-state index in [1.165, 1.54) is 6.07 Å². The van der Waals surface area contributed by atoms with Gasteiger partial charge in [-0.1, -0.05) is 48.5 Å². The number of carbonyl (C=O) groups is 2. The zero-order valence-electron chi connectivity index (χ0n) is 12.9. The van der Waals surface area contributed by atoms with Crippen LogP contribution in [0.5, 0.6) is 0 Å². The molecule has 6 heteroatoms. The van der Waals surface area contributed by atoms with Gasteiger partial charge in [0.15, 0.2) is 0 Å². The molecule has 0 aliphatic carbocycles. The minimum Gasteiger partial charge on any atom is -0.481 e. The quantitative estimate of drug-likeness (QED) is 0.817. The lowest BCUT2D eigenvalue weighted by Crippen LogP contribution is -2.38. The molecule has 2 aromatic rings. The van der Waals surface area contributed by atoms with Crippen molar-refractivity contribution < 1.29 is 23.8 Å². The number of hydrogen-bond acceptors (Lipinski definition) is 3. The van der Waals surface area contributed by atoms with E-state index in [-0.39, 0.29) is 19.4 Å². The predicted octanol–water partition coefficient (Wildman–Crippen LogP) is 3.14. The van der Waals surface area contributed by atoms with Crippen LogP contribution in [0.15, 0.2) is 54.6 Å². The predicted molar refractivity (Wildman–Crippen MR) is 85.9 cm³/mol. The highest BCUT2D eigenvalue weighted by Crippen LogP contribution is 2.11. The van der Waals surface area contributed by atoms with Gasteiger partial charge in [0.2, 0.25) is 0 Å². The summed E-state index contributed by atoms with van der Waals surface area (Å²) in [7, 11) is 0. The van der Waals surface area contributed by atoms with Crippen LogP contribution in [-0.4, -0.2) is 23.2 Å². The topological polar surface area (TPSA) is 75.6 Å². The van der Waals surface area contributed by atoms with E-state index < -0.39 is 23.9 Å². The number of ether oxygens (including phenoxy) is 1. The normalized spacial score (nSPS) is 11.5. The summed E-state index contributed by atoms with van der Waals surface area (Å²) in [5.74, 6) is -1.52. The van der Waals surface area contributed by atoms with Crippen molar-refractivity contribution in [3.63, 3.8) is 0 Å². The number of halogens is 1. The van der Waals surface area contributed by atoms with Crippen LogP contribution in [0.1, 0.15) is 17.5 Å². The van der Waals surface area contributed by atoms with Gasteiger partial charge in [0.25, 0.3) is 0 Å².